The zero-order chi connectivity index (χ0) is 23.0. The van der Waals surface area contributed by atoms with Gasteiger partial charge in [-0.05, 0) is 49.7 Å². The highest BCUT2D eigenvalue weighted by atomic mass is 32.2. The standard InChI is InChI=1S/C22H28N2O6S/c1-5-8-16(2)23-21(25)15-30-22(26)17-11-13-18(14-12-17)31(27,28)24(3)19-9-6-7-10-20(19)29-4/h6-7,9-14,16H,5,8,15H2,1-4H3,(H,23,25)/t16-/m1/s1. The van der Waals surface area contributed by atoms with E-state index in [0.717, 1.165) is 17.1 Å². The molecule has 0 aliphatic carbocycles. The summed E-state index contributed by atoms with van der Waals surface area (Å²) in [5, 5.41) is 2.74. The van der Waals surface area contributed by atoms with Gasteiger partial charge in [0.25, 0.3) is 15.9 Å². The van der Waals surface area contributed by atoms with Crippen LogP contribution in [0.1, 0.15) is 37.0 Å². The van der Waals surface area contributed by atoms with Gasteiger partial charge in [-0.1, -0.05) is 25.5 Å². The summed E-state index contributed by atoms with van der Waals surface area (Å²) in [5.74, 6) is -0.674. The number of anilines is 1. The fourth-order valence-corrected chi connectivity index (χ4v) is 4.18. The molecule has 9 heteroatoms. The van der Waals surface area contributed by atoms with Gasteiger partial charge < -0.3 is 14.8 Å². The Morgan fingerprint density at radius 2 is 1.74 bits per heavy atom. The van der Waals surface area contributed by atoms with Gasteiger partial charge in [0.15, 0.2) is 6.61 Å². The molecule has 0 aliphatic heterocycles. The van der Waals surface area contributed by atoms with E-state index in [9.17, 15) is 18.0 Å². The second-order valence-electron chi connectivity index (χ2n) is 7.00. The second kappa shape index (κ2) is 10.8. The van der Waals surface area contributed by atoms with E-state index in [1.54, 1.807) is 24.3 Å². The van der Waals surface area contributed by atoms with Gasteiger partial charge in [0.2, 0.25) is 0 Å². The maximum absolute atomic E-state index is 13.0. The third-order valence-corrected chi connectivity index (χ3v) is 6.42. The Kier molecular flexibility index (Phi) is 8.44. The number of benzene rings is 2. The Morgan fingerprint density at radius 1 is 1.10 bits per heavy atom. The second-order valence-corrected chi connectivity index (χ2v) is 8.97. The number of sulfonamides is 1. The maximum atomic E-state index is 13.0. The van der Waals surface area contributed by atoms with E-state index >= 15 is 0 Å². The number of hydrogen-bond donors (Lipinski definition) is 1. The van der Waals surface area contributed by atoms with Crippen LogP contribution in [-0.2, 0) is 19.6 Å². The molecule has 0 aromatic heterocycles. The van der Waals surface area contributed by atoms with Crippen molar-refractivity contribution in [1.82, 2.24) is 5.32 Å². The molecule has 0 fully saturated rings. The molecule has 0 bridgehead atoms. The van der Waals surface area contributed by atoms with Crippen LogP contribution in [0.25, 0.3) is 0 Å². The number of amides is 1. The average molecular weight is 449 g/mol. The molecular weight excluding hydrogens is 420 g/mol. The van der Waals surface area contributed by atoms with Crippen molar-refractivity contribution in [2.75, 3.05) is 25.1 Å². The molecule has 1 N–H and O–H groups in total. The zero-order valence-corrected chi connectivity index (χ0v) is 18.9. The molecule has 0 saturated carbocycles. The van der Waals surface area contributed by atoms with Gasteiger partial charge in [-0.3, -0.25) is 9.10 Å². The summed E-state index contributed by atoms with van der Waals surface area (Å²) in [7, 11) is -0.988. The number of esters is 1. The van der Waals surface area contributed by atoms with Crippen LogP contribution in [-0.4, -0.2) is 47.1 Å². The number of rotatable bonds is 10. The quantitative estimate of drug-likeness (QED) is 0.561. The van der Waals surface area contributed by atoms with Gasteiger partial charge >= 0.3 is 5.97 Å². The minimum atomic E-state index is -3.87. The largest absolute Gasteiger partial charge is 0.495 e. The normalized spacial score (nSPS) is 12.0. The van der Waals surface area contributed by atoms with Gasteiger partial charge in [0.05, 0.1) is 23.3 Å². The van der Waals surface area contributed by atoms with Gasteiger partial charge in [0.1, 0.15) is 5.75 Å². The summed E-state index contributed by atoms with van der Waals surface area (Å²) in [5.41, 5.74) is 0.533. The Bertz CT molecular complexity index is 1000. The van der Waals surface area contributed by atoms with Gasteiger partial charge in [-0.15, -0.1) is 0 Å². The summed E-state index contributed by atoms with van der Waals surface area (Å²) in [6.45, 7) is 3.49. The number of nitrogens with zero attached hydrogens (tertiary/aromatic N) is 1. The fraction of sp³-hybridized carbons (Fsp3) is 0.364. The van der Waals surface area contributed by atoms with Crippen molar-refractivity contribution in [3.63, 3.8) is 0 Å². The lowest BCUT2D eigenvalue weighted by molar-refractivity contribution is -0.124. The maximum Gasteiger partial charge on any atom is 0.338 e. The summed E-state index contributed by atoms with van der Waals surface area (Å²) in [4.78, 5) is 24.0. The molecule has 1 amide bonds. The third-order valence-electron chi connectivity index (χ3n) is 4.64. The summed E-state index contributed by atoms with van der Waals surface area (Å²) in [6, 6.07) is 12.1. The van der Waals surface area contributed by atoms with E-state index in [0.29, 0.717) is 11.4 Å². The first-order valence-electron chi connectivity index (χ1n) is 9.89. The first-order valence-corrected chi connectivity index (χ1v) is 11.3. The van der Waals surface area contributed by atoms with Gasteiger partial charge in [-0.2, -0.15) is 0 Å². The molecule has 0 spiro atoms. The highest BCUT2D eigenvalue weighted by Crippen LogP contribution is 2.30. The van der Waals surface area contributed by atoms with E-state index in [2.05, 4.69) is 5.32 Å². The first-order chi connectivity index (χ1) is 14.7. The highest BCUT2D eigenvalue weighted by molar-refractivity contribution is 7.92. The van der Waals surface area contributed by atoms with Crippen molar-refractivity contribution >= 4 is 27.6 Å². The third kappa shape index (κ3) is 6.21. The fourth-order valence-electron chi connectivity index (χ4n) is 2.98. The van der Waals surface area contributed by atoms with Crippen molar-refractivity contribution in [2.45, 2.75) is 37.6 Å². The van der Waals surface area contributed by atoms with Crippen molar-refractivity contribution in [3.05, 3.63) is 54.1 Å². The molecule has 1 atom stereocenters. The van der Waals surface area contributed by atoms with Crippen LogP contribution in [0.5, 0.6) is 5.75 Å². The van der Waals surface area contributed by atoms with Crippen LogP contribution < -0.4 is 14.4 Å². The smallest absolute Gasteiger partial charge is 0.338 e. The van der Waals surface area contributed by atoms with Crippen LogP contribution in [0.2, 0.25) is 0 Å². The molecule has 8 nitrogen and oxygen atoms in total. The molecule has 0 aliphatic rings. The highest BCUT2D eigenvalue weighted by Gasteiger charge is 2.24. The number of hydrogen-bond acceptors (Lipinski definition) is 6. The lowest BCUT2D eigenvalue weighted by Gasteiger charge is -2.21. The molecular formula is C22H28N2O6S. The predicted octanol–water partition coefficient (Wildman–Crippen LogP) is 2.98. The predicted molar refractivity (Wildman–Crippen MR) is 118 cm³/mol. The molecule has 2 aromatic carbocycles. The summed E-state index contributed by atoms with van der Waals surface area (Å²) >= 11 is 0. The van der Waals surface area contributed by atoms with Crippen LogP contribution in [0.15, 0.2) is 53.4 Å². The lowest BCUT2D eigenvalue weighted by Crippen LogP contribution is -2.35. The Hall–Kier alpha value is -3.07. The summed E-state index contributed by atoms with van der Waals surface area (Å²) in [6.07, 6.45) is 1.77. The minimum absolute atomic E-state index is 0.000852. The zero-order valence-electron chi connectivity index (χ0n) is 18.1. The van der Waals surface area contributed by atoms with E-state index in [4.69, 9.17) is 9.47 Å². The van der Waals surface area contributed by atoms with Crippen molar-refractivity contribution in [1.29, 1.82) is 0 Å². The number of nitrogens with one attached hydrogen (secondary N) is 1. The molecule has 2 aromatic rings. The number of ether oxygens (including phenoxy) is 2. The Balaban J connectivity index is 2.06. The van der Waals surface area contributed by atoms with Crippen LogP contribution >= 0.6 is 0 Å². The Morgan fingerprint density at radius 3 is 2.35 bits per heavy atom. The van der Waals surface area contributed by atoms with E-state index < -0.39 is 22.6 Å². The molecule has 0 radical (unpaired) electrons. The van der Waals surface area contributed by atoms with E-state index in [1.807, 2.05) is 13.8 Å². The topological polar surface area (TPSA) is 102 Å². The minimum Gasteiger partial charge on any atom is -0.495 e. The van der Waals surface area contributed by atoms with Crippen molar-refractivity contribution in [3.8, 4) is 5.75 Å². The van der Waals surface area contributed by atoms with Gasteiger partial charge in [-0.25, -0.2) is 13.2 Å². The molecule has 0 unspecified atom stereocenters. The van der Waals surface area contributed by atoms with Gasteiger partial charge in [0, 0.05) is 13.1 Å². The lowest BCUT2D eigenvalue weighted by atomic mass is 10.2. The van der Waals surface area contributed by atoms with Crippen LogP contribution in [0.3, 0.4) is 0 Å². The molecule has 31 heavy (non-hydrogen) atoms. The van der Waals surface area contributed by atoms with E-state index in [-0.39, 0.29) is 22.4 Å². The van der Waals surface area contributed by atoms with Crippen LogP contribution in [0.4, 0.5) is 5.69 Å². The number of methoxy groups -OCH3 is 1. The average Bonchev–Trinajstić information content (AvgIpc) is 2.77. The number of carbonyl (C=O) groups is 2. The number of para-hydroxylation sites is 2. The molecule has 0 heterocycles. The first kappa shape index (κ1) is 24.2. The number of carbonyl (C=O) groups excluding carboxylic acids is 2. The summed E-state index contributed by atoms with van der Waals surface area (Å²) < 4.78 is 37.3. The van der Waals surface area contributed by atoms with Crippen molar-refractivity contribution < 1.29 is 27.5 Å². The monoisotopic (exact) mass is 448 g/mol. The molecule has 168 valence electrons. The SMILES string of the molecule is CCC[C@@H](C)NC(=O)COC(=O)c1ccc(S(=O)(=O)N(C)c2ccccc2OC)cc1. The van der Waals surface area contributed by atoms with Crippen molar-refractivity contribution in [2.24, 2.45) is 0 Å². The Labute approximate surface area is 183 Å². The molecule has 2 rings (SSSR count). The van der Waals surface area contributed by atoms with E-state index in [1.165, 1.54) is 38.4 Å². The van der Waals surface area contributed by atoms with Crippen LogP contribution in [0, 0.1) is 0 Å². The molecule has 0 saturated heterocycles.